The van der Waals surface area contributed by atoms with E-state index in [1.807, 2.05) is 43.3 Å². The van der Waals surface area contributed by atoms with E-state index in [0.717, 1.165) is 38.0 Å². The monoisotopic (exact) mass is 374 g/mol. The Morgan fingerprint density at radius 1 is 1.15 bits per heavy atom. The Bertz CT molecular complexity index is 595. The van der Waals surface area contributed by atoms with E-state index in [2.05, 4.69) is 22.9 Å². The van der Waals surface area contributed by atoms with Crippen LogP contribution in [0.25, 0.3) is 0 Å². The SMILES string of the molecule is CC(CC(=O)NCc1ccc(C(=O)NCCN(C)C)cc1)C1CCNCC1. The molecule has 1 saturated heterocycles. The Morgan fingerprint density at radius 2 is 1.81 bits per heavy atom. The van der Waals surface area contributed by atoms with Crippen LogP contribution < -0.4 is 16.0 Å². The highest BCUT2D eigenvalue weighted by Crippen LogP contribution is 2.24. The lowest BCUT2D eigenvalue weighted by Gasteiger charge is -2.27. The maximum Gasteiger partial charge on any atom is 0.251 e. The molecule has 0 aliphatic carbocycles. The minimum atomic E-state index is -0.0665. The molecule has 0 spiro atoms. The lowest BCUT2D eigenvalue weighted by Crippen LogP contribution is -2.33. The van der Waals surface area contributed by atoms with Crippen LogP contribution in [0.3, 0.4) is 0 Å². The number of nitrogens with zero attached hydrogens (tertiary/aromatic N) is 1. The van der Waals surface area contributed by atoms with Gasteiger partial charge < -0.3 is 20.9 Å². The van der Waals surface area contributed by atoms with Crippen molar-refractivity contribution in [1.29, 1.82) is 0 Å². The molecule has 1 heterocycles. The van der Waals surface area contributed by atoms with E-state index in [9.17, 15) is 9.59 Å². The van der Waals surface area contributed by atoms with Gasteiger partial charge in [0.2, 0.25) is 5.91 Å². The molecule has 0 bridgehead atoms. The Hall–Kier alpha value is -1.92. The number of nitrogens with one attached hydrogen (secondary N) is 3. The van der Waals surface area contributed by atoms with Crippen LogP contribution in [0, 0.1) is 11.8 Å². The molecule has 0 saturated carbocycles. The highest BCUT2D eigenvalue weighted by molar-refractivity contribution is 5.94. The quantitative estimate of drug-likeness (QED) is 0.614. The molecule has 150 valence electrons. The molecule has 6 nitrogen and oxygen atoms in total. The van der Waals surface area contributed by atoms with Crippen molar-refractivity contribution in [1.82, 2.24) is 20.9 Å². The number of carbonyl (C=O) groups excluding carboxylic acids is 2. The molecule has 0 radical (unpaired) electrons. The lowest BCUT2D eigenvalue weighted by molar-refractivity contribution is -0.122. The van der Waals surface area contributed by atoms with Gasteiger partial charge in [0.05, 0.1) is 0 Å². The summed E-state index contributed by atoms with van der Waals surface area (Å²) in [5.74, 6) is 1.09. The zero-order chi connectivity index (χ0) is 19.6. The largest absolute Gasteiger partial charge is 0.352 e. The number of amides is 2. The van der Waals surface area contributed by atoms with Crippen LogP contribution in [-0.2, 0) is 11.3 Å². The van der Waals surface area contributed by atoms with Gasteiger partial charge in [0, 0.05) is 31.6 Å². The number of rotatable bonds is 9. The highest BCUT2D eigenvalue weighted by atomic mass is 16.2. The Balaban J connectivity index is 1.72. The first-order chi connectivity index (χ1) is 13.0. The molecule has 1 aromatic carbocycles. The second-order valence-corrected chi connectivity index (χ2v) is 7.80. The average Bonchev–Trinajstić information content (AvgIpc) is 2.67. The zero-order valence-electron chi connectivity index (χ0n) is 16.9. The molecule has 1 aliphatic rings. The first-order valence-corrected chi connectivity index (χ1v) is 9.95. The second kappa shape index (κ2) is 11.0. The van der Waals surface area contributed by atoms with E-state index in [0.29, 0.717) is 36.9 Å². The van der Waals surface area contributed by atoms with Crippen molar-refractivity contribution in [3.8, 4) is 0 Å². The number of carbonyl (C=O) groups is 2. The van der Waals surface area contributed by atoms with Gasteiger partial charge in [-0.1, -0.05) is 19.1 Å². The maximum atomic E-state index is 12.2. The van der Waals surface area contributed by atoms with Crippen molar-refractivity contribution in [2.75, 3.05) is 40.3 Å². The molecule has 27 heavy (non-hydrogen) atoms. The van der Waals surface area contributed by atoms with Crippen molar-refractivity contribution in [3.63, 3.8) is 0 Å². The minimum Gasteiger partial charge on any atom is -0.352 e. The molecule has 2 amide bonds. The van der Waals surface area contributed by atoms with Crippen molar-refractivity contribution in [2.24, 2.45) is 11.8 Å². The molecule has 6 heteroatoms. The van der Waals surface area contributed by atoms with Crippen LogP contribution in [0.5, 0.6) is 0 Å². The third-order valence-electron chi connectivity index (χ3n) is 5.25. The number of likely N-dealkylation sites (N-methyl/N-ethyl adjacent to an activating group) is 1. The van der Waals surface area contributed by atoms with E-state index < -0.39 is 0 Å². The molecule has 1 aliphatic heterocycles. The fourth-order valence-electron chi connectivity index (χ4n) is 3.41. The molecular formula is C21H34N4O2. The molecule has 1 aromatic rings. The molecule has 0 aromatic heterocycles. The summed E-state index contributed by atoms with van der Waals surface area (Å²) >= 11 is 0. The summed E-state index contributed by atoms with van der Waals surface area (Å²) in [7, 11) is 3.95. The topological polar surface area (TPSA) is 73.5 Å². The summed E-state index contributed by atoms with van der Waals surface area (Å²) in [4.78, 5) is 26.3. The third-order valence-corrected chi connectivity index (χ3v) is 5.25. The van der Waals surface area contributed by atoms with Gasteiger partial charge in [0.1, 0.15) is 0 Å². The highest BCUT2D eigenvalue weighted by Gasteiger charge is 2.21. The van der Waals surface area contributed by atoms with Gasteiger partial charge >= 0.3 is 0 Å². The van der Waals surface area contributed by atoms with E-state index in [-0.39, 0.29) is 11.8 Å². The number of hydrogen-bond acceptors (Lipinski definition) is 4. The molecule has 1 atom stereocenters. The van der Waals surface area contributed by atoms with E-state index in [1.54, 1.807) is 0 Å². The van der Waals surface area contributed by atoms with Crippen LogP contribution in [0.4, 0.5) is 0 Å². The zero-order valence-corrected chi connectivity index (χ0v) is 16.9. The number of hydrogen-bond donors (Lipinski definition) is 3. The molecule has 1 fully saturated rings. The standard InChI is InChI=1S/C21H34N4O2/c1-16(18-8-10-22-11-9-18)14-20(26)24-15-17-4-6-19(7-5-17)21(27)23-12-13-25(2)3/h4-7,16,18,22H,8-15H2,1-3H3,(H,23,27)(H,24,26). The van der Waals surface area contributed by atoms with E-state index in [1.165, 1.54) is 0 Å². The van der Waals surface area contributed by atoms with Crippen molar-refractivity contribution < 1.29 is 9.59 Å². The van der Waals surface area contributed by atoms with Gasteiger partial charge in [-0.05, 0) is 69.6 Å². The summed E-state index contributed by atoms with van der Waals surface area (Å²) < 4.78 is 0. The first-order valence-electron chi connectivity index (χ1n) is 9.95. The number of piperidine rings is 1. The second-order valence-electron chi connectivity index (χ2n) is 7.80. The van der Waals surface area contributed by atoms with Gasteiger partial charge in [-0.2, -0.15) is 0 Å². The van der Waals surface area contributed by atoms with Crippen molar-refractivity contribution in [2.45, 2.75) is 32.7 Å². The predicted molar refractivity (Wildman–Crippen MR) is 109 cm³/mol. The van der Waals surface area contributed by atoms with Crippen molar-refractivity contribution >= 4 is 11.8 Å². The van der Waals surface area contributed by atoms with Crippen LogP contribution in [0.15, 0.2) is 24.3 Å². The van der Waals surface area contributed by atoms with Crippen LogP contribution >= 0.6 is 0 Å². The van der Waals surface area contributed by atoms with E-state index in [4.69, 9.17) is 0 Å². The van der Waals surface area contributed by atoms with Crippen LogP contribution in [0.1, 0.15) is 42.1 Å². The third kappa shape index (κ3) is 7.69. The molecule has 1 unspecified atom stereocenters. The van der Waals surface area contributed by atoms with Crippen LogP contribution in [-0.4, -0.2) is 57.0 Å². The Morgan fingerprint density at radius 3 is 2.44 bits per heavy atom. The van der Waals surface area contributed by atoms with Crippen LogP contribution in [0.2, 0.25) is 0 Å². The predicted octanol–water partition coefficient (Wildman–Crippen LogP) is 1.62. The summed E-state index contributed by atoms with van der Waals surface area (Å²) in [5, 5.41) is 9.27. The maximum absolute atomic E-state index is 12.2. The fraction of sp³-hybridized carbons (Fsp3) is 0.619. The normalized spacial score (nSPS) is 16.1. The van der Waals surface area contributed by atoms with Gasteiger partial charge in [-0.25, -0.2) is 0 Å². The lowest BCUT2D eigenvalue weighted by atomic mass is 9.84. The van der Waals surface area contributed by atoms with Gasteiger partial charge in [0.25, 0.3) is 5.91 Å². The molecule has 3 N–H and O–H groups in total. The van der Waals surface area contributed by atoms with Gasteiger partial charge in [-0.3, -0.25) is 9.59 Å². The van der Waals surface area contributed by atoms with E-state index >= 15 is 0 Å². The Kier molecular flexibility index (Phi) is 8.75. The van der Waals surface area contributed by atoms with Gasteiger partial charge in [0.15, 0.2) is 0 Å². The summed E-state index contributed by atoms with van der Waals surface area (Å²) in [6.45, 7) is 6.24. The summed E-state index contributed by atoms with van der Waals surface area (Å²) in [5.41, 5.74) is 1.64. The average molecular weight is 375 g/mol. The first kappa shape index (κ1) is 21.4. The summed E-state index contributed by atoms with van der Waals surface area (Å²) in [6.07, 6.45) is 2.90. The van der Waals surface area contributed by atoms with Crippen molar-refractivity contribution in [3.05, 3.63) is 35.4 Å². The number of benzene rings is 1. The fourth-order valence-corrected chi connectivity index (χ4v) is 3.41. The smallest absolute Gasteiger partial charge is 0.251 e. The van der Waals surface area contributed by atoms with Gasteiger partial charge in [-0.15, -0.1) is 0 Å². The molecular weight excluding hydrogens is 340 g/mol. The summed E-state index contributed by atoms with van der Waals surface area (Å²) in [6, 6.07) is 7.42. The Labute approximate surface area is 163 Å². The molecule has 2 rings (SSSR count). The minimum absolute atomic E-state index is 0.0665.